The number of hydrogen-bond acceptors (Lipinski definition) is 6. The third kappa shape index (κ3) is 3.44. The van der Waals surface area contributed by atoms with Crippen LogP contribution in [0.5, 0.6) is 0 Å². The number of nitrogens with zero attached hydrogens (tertiary/aromatic N) is 5. The molecule has 7 rings (SSSR count). The molecular formula is C28H28ClFN6. The van der Waals surface area contributed by atoms with Crippen LogP contribution in [0.15, 0.2) is 48.5 Å². The molecule has 3 heterocycles. The summed E-state index contributed by atoms with van der Waals surface area (Å²) < 4.78 is 16.5. The summed E-state index contributed by atoms with van der Waals surface area (Å²) in [7, 11) is 4.17. The van der Waals surface area contributed by atoms with Crippen molar-refractivity contribution in [2.45, 2.75) is 24.5 Å². The lowest BCUT2D eigenvalue weighted by Gasteiger charge is -2.43. The molecule has 3 fully saturated rings. The van der Waals surface area contributed by atoms with Crippen molar-refractivity contribution in [2.75, 3.05) is 50.1 Å². The molecule has 1 saturated carbocycles. The van der Waals surface area contributed by atoms with Gasteiger partial charge in [-0.25, -0.2) is 9.37 Å². The summed E-state index contributed by atoms with van der Waals surface area (Å²) in [6.07, 6.45) is 1.08. The molecule has 2 saturated heterocycles. The Kier molecular flexibility index (Phi) is 5.10. The minimum Gasteiger partial charge on any atom is -0.350 e. The first kappa shape index (κ1) is 22.2. The van der Waals surface area contributed by atoms with Crippen molar-refractivity contribution >= 4 is 45.0 Å². The van der Waals surface area contributed by atoms with Crippen molar-refractivity contribution in [3.8, 4) is 11.1 Å². The highest BCUT2D eigenvalue weighted by molar-refractivity contribution is 6.35. The average Bonchev–Trinajstić information content (AvgIpc) is 3.63. The molecule has 184 valence electrons. The van der Waals surface area contributed by atoms with E-state index < -0.39 is 0 Å². The maximum absolute atomic E-state index is 16.5. The van der Waals surface area contributed by atoms with Crippen LogP contribution < -0.4 is 15.1 Å². The number of piperazine rings is 1. The molecule has 1 N–H and O–H groups in total. The van der Waals surface area contributed by atoms with E-state index in [0.29, 0.717) is 45.6 Å². The number of likely N-dealkylation sites (N-methyl/N-ethyl adjacent to an activating group) is 1. The zero-order chi connectivity index (χ0) is 24.6. The van der Waals surface area contributed by atoms with Crippen LogP contribution >= 0.6 is 11.6 Å². The third-order valence-electron chi connectivity index (χ3n) is 7.97. The lowest BCUT2D eigenvalue weighted by atomic mass is 9.96. The van der Waals surface area contributed by atoms with E-state index in [-0.39, 0.29) is 5.82 Å². The molecule has 0 bridgehead atoms. The van der Waals surface area contributed by atoms with Gasteiger partial charge < -0.3 is 20.0 Å². The van der Waals surface area contributed by atoms with Gasteiger partial charge in [0.2, 0.25) is 5.95 Å². The summed E-state index contributed by atoms with van der Waals surface area (Å²) in [6.45, 7) is 3.38. The van der Waals surface area contributed by atoms with Crippen molar-refractivity contribution in [2.24, 2.45) is 0 Å². The molecule has 3 aliphatic rings. The number of aromatic nitrogens is 2. The lowest BCUT2D eigenvalue weighted by molar-refractivity contribution is 0.245. The van der Waals surface area contributed by atoms with Crippen molar-refractivity contribution in [1.82, 2.24) is 20.2 Å². The van der Waals surface area contributed by atoms with E-state index in [1.165, 1.54) is 0 Å². The van der Waals surface area contributed by atoms with Gasteiger partial charge in [0.15, 0.2) is 5.82 Å². The van der Waals surface area contributed by atoms with E-state index in [2.05, 4.69) is 34.1 Å². The monoisotopic (exact) mass is 502 g/mol. The molecule has 0 radical (unpaired) electrons. The molecule has 2 atom stereocenters. The second-order valence-electron chi connectivity index (χ2n) is 10.4. The van der Waals surface area contributed by atoms with Crippen LogP contribution in [0.3, 0.4) is 0 Å². The molecule has 2 aliphatic heterocycles. The summed E-state index contributed by atoms with van der Waals surface area (Å²) in [5, 5.41) is 6.63. The fourth-order valence-electron chi connectivity index (χ4n) is 5.71. The number of fused-ring (bicyclic) bond motifs is 3. The Balaban J connectivity index is 1.43. The van der Waals surface area contributed by atoms with Gasteiger partial charge in [0.1, 0.15) is 11.3 Å². The molecule has 0 amide bonds. The highest BCUT2D eigenvalue weighted by Gasteiger charge is 2.45. The Labute approximate surface area is 214 Å². The lowest BCUT2D eigenvalue weighted by Crippen LogP contribution is -2.58. The van der Waals surface area contributed by atoms with Crippen LogP contribution in [-0.2, 0) is 0 Å². The highest BCUT2D eigenvalue weighted by atomic mass is 35.5. The summed E-state index contributed by atoms with van der Waals surface area (Å²) in [4.78, 5) is 16.5. The fraction of sp³-hybridized carbons (Fsp3) is 0.357. The van der Waals surface area contributed by atoms with Crippen LogP contribution in [0, 0.1) is 5.82 Å². The minimum atomic E-state index is -0.383. The molecule has 1 aliphatic carbocycles. The molecule has 8 heteroatoms. The molecule has 4 aromatic rings. The van der Waals surface area contributed by atoms with Crippen LogP contribution in [-0.4, -0.2) is 73.3 Å². The second-order valence-corrected chi connectivity index (χ2v) is 10.8. The maximum Gasteiger partial charge on any atom is 0.228 e. The van der Waals surface area contributed by atoms with Gasteiger partial charge in [0, 0.05) is 55.3 Å². The van der Waals surface area contributed by atoms with Crippen LogP contribution in [0.25, 0.3) is 32.8 Å². The van der Waals surface area contributed by atoms with Crippen molar-refractivity contribution in [1.29, 1.82) is 0 Å². The van der Waals surface area contributed by atoms with Gasteiger partial charge in [-0.15, -0.1) is 0 Å². The smallest absolute Gasteiger partial charge is 0.228 e. The van der Waals surface area contributed by atoms with E-state index in [4.69, 9.17) is 21.6 Å². The second kappa shape index (κ2) is 8.26. The average molecular weight is 503 g/mol. The van der Waals surface area contributed by atoms with Gasteiger partial charge >= 0.3 is 0 Å². The van der Waals surface area contributed by atoms with Gasteiger partial charge in [0.05, 0.1) is 5.02 Å². The van der Waals surface area contributed by atoms with E-state index in [1.807, 2.05) is 48.5 Å². The van der Waals surface area contributed by atoms with Gasteiger partial charge in [-0.1, -0.05) is 54.1 Å². The first-order chi connectivity index (χ1) is 17.5. The Morgan fingerprint density at radius 2 is 1.86 bits per heavy atom. The normalized spacial score (nSPS) is 21.8. The highest BCUT2D eigenvalue weighted by Crippen LogP contribution is 2.43. The molecule has 0 spiro atoms. The SMILES string of the molecule is CN(C)C1CN(c2nc(N3CCNC4CC43)c3cc(Cl)c(-c4cccc5ccccc45)c(F)c3n2)C1. The summed E-state index contributed by atoms with van der Waals surface area (Å²) in [5.74, 6) is 1.00. The Bertz CT molecular complexity index is 1500. The first-order valence-electron chi connectivity index (χ1n) is 12.6. The van der Waals surface area contributed by atoms with Crippen molar-refractivity contribution < 1.29 is 4.39 Å². The van der Waals surface area contributed by atoms with Crippen molar-refractivity contribution in [3.63, 3.8) is 0 Å². The molecule has 3 aromatic carbocycles. The number of nitrogens with one attached hydrogen (secondary N) is 1. The number of anilines is 2. The van der Waals surface area contributed by atoms with Crippen LogP contribution in [0.2, 0.25) is 5.02 Å². The third-order valence-corrected chi connectivity index (χ3v) is 8.27. The summed E-state index contributed by atoms with van der Waals surface area (Å²) in [6, 6.07) is 17.1. The quantitative estimate of drug-likeness (QED) is 0.442. The zero-order valence-electron chi connectivity index (χ0n) is 20.4. The van der Waals surface area contributed by atoms with Gasteiger partial charge in [0.25, 0.3) is 0 Å². The zero-order valence-corrected chi connectivity index (χ0v) is 21.1. The standard InChI is InChI=1S/C28H28ClFN6/c1-34(2)17-14-35(15-17)28-32-26-20(27(33-28)36-11-10-31-22-13-23(22)36)12-21(29)24(25(26)30)19-9-5-7-16-6-3-4-8-18(16)19/h3-9,12,17,22-23,31H,10-11,13-15H2,1-2H3. The van der Waals surface area contributed by atoms with Crippen LogP contribution in [0.1, 0.15) is 6.42 Å². The Morgan fingerprint density at radius 1 is 1.06 bits per heavy atom. The fourth-order valence-corrected chi connectivity index (χ4v) is 6.00. The molecule has 2 unspecified atom stereocenters. The Morgan fingerprint density at radius 3 is 2.69 bits per heavy atom. The predicted molar refractivity (Wildman–Crippen MR) is 145 cm³/mol. The predicted octanol–water partition coefficient (Wildman–Crippen LogP) is 4.54. The topological polar surface area (TPSA) is 47.5 Å². The number of rotatable bonds is 4. The first-order valence-corrected chi connectivity index (χ1v) is 13.0. The molecule has 6 nitrogen and oxygen atoms in total. The van der Waals surface area contributed by atoms with Crippen LogP contribution in [0.4, 0.5) is 16.2 Å². The van der Waals surface area contributed by atoms with Crippen molar-refractivity contribution in [3.05, 3.63) is 59.4 Å². The van der Waals surface area contributed by atoms with Gasteiger partial charge in [-0.05, 0) is 42.9 Å². The van der Waals surface area contributed by atoms with E-state index >= 15 is 4.39 Å². The maximum atomic E-state index is 16.5. The summed E-state index contributed by atoms with van der Waals surface area (Å²) >= 11 is 6.85. The number of hydrogen-bond donors (Lipinski definition) is 1. The van der Waals surface area contributed by atoms with E-state index in [1.54, 1.807) is 0 Å². The van der Waals surface area contributed by atoms with E-state index in [9.17, 15) is 0 Å². The van der Waals surface area contributed by atoms with E-state index in [0.717, 1.165) is 54.8 Å². The number of halogens is 2. The van der Waals surface area contributed by atoms with Gasteiger partial charge in [-0.3, -0.25) is 0 Å². The molecule has 1 aromatic heterocycles. The summed E-state index contributed by atoms with van der Waals surface area (Å²) in [5.41, 5.74) is 1.52. The van der Waals surface area contributed by atoms with Gasteiger partial charge in [-0.2, -0.15) is 4.98 Å². The largest absolute Gasteiger partial charge is 0.350 e. The number of benzene rings is 3. The Hall–Kier alpha value is -3.00. The molecule has 36 heavy (non-hydrogen) atoms. The molecular weight excluding hydrogens is 475 g/mol. The minimum absolute atomic E-state index is 0.339.